The van der Waals surface area contributed by atoms with Crippen LogP contribution in [0.2, 0.25) is 0 Å². The minimum absolute atomic E-state index is 0.00611. The van der Waals surface area contributed by atoms with E-state index in [9.17, 15) is 9.59 Å². The average Bonchev–Trinajstić information content (AvgIpc) is 3.26. The minimum atomic E-state index is -0.0593. The van der Waals surface area contributed by atoms with Gasteiger partial charge in [-0.25, -0.2) is 4.99 Å². The molecular weight excluding hydrogens is 418 g/mol. The van der Waals surface area contributed by atoms with Gasteiger partial charge in [0, 0.05) is 31.6 Å². The van der Waals surface area contributed by atoms with Crippen molar-refractivity contribution >= 4 is 23.5 Å². The molecular formula is C25H39N5O3. The number of hydrogen-bond acceptors (Lipinski definition) is 6. The molecule has 1 fully saturated rings. The predicted molar refractivity (Wildman–Crippen MR) is 130 cm³/mol. The van der Waals surface area contributed by atoms with Crippen LogP contribution in [-0.4, -0.2) is 47.9 Å². The number of nitrogens with one attached hydrogen (secondary N) is 2. The lowest BCUT2D eigenvalue weighted by Crippen LogP contribution is -2.45. The Balaban J connectivity index is 1.45. The number of nitrogens with zero attached hydrogens (tertiary/aromatic N) is 2. The molecule has 0 bridgehead atoms. The largest absolute Gasteiger partial charge is 0.491 e. The van der Waals surface area contributed by atoms with E-state index in [1.165, 1.54) is 12.8 Å². The van der Waals surface area contributed by atoms with Crippen LogP contribution in [0.1, 0.15) is 71.3 Å². The molecule has 1 aromatic carbocycles. The predicted octanol–water partition coefficient (Wildman–Crippen LogP) is 3.22. The molecule has 1 aromatic rings. The van der Waals surface area contributed by atoms with Crippen LogP contribution < -0.4 is 21.1 Å². The van der Waals surface area contributed by atoms with Gasteiger partial charge in [0.15, 0.2) is 5.96 Å². The molecule has 182 valence electrons. The number of fused-ring (bicyclic) bond motifs is 1. The summed E-state index contributed by atoms with van der Waals surface area (Å²) >= 11 is 0. The van der Waals surface area contributed by atoms with Gasteiger partial charge in [0.2, 0.25) is 11.8 Å². The van der Waals surface area contributed by atoms with Gasteiger partial charge in [-0.2, -0.15) is 0 Å². The highest BCUT2D eigenvalue weighted by molar-refractivity contribution is 5.88. The van der Waals surface area contributed by atoms with Gasteiger partial charge in [-0.1, -0.05) is 32.8 Å². The van der Waals surface area contributed by atoms with Crippen molar-refractivity contribution in [1.82, 2.24) is 15.5 Å². The highest BCUT2D eigenvalue weighted by Gasteiger charge is 2.21. The fraction of sp³-hybridized carbons (Fsp3) is 0.640. The molecule has 1 saturated carbocycles. The van der Waals surface area contributed by atoms with Gasteiger partial charge in [-0.15, -0.1) is 0 Å². The Morgan fingerprint density at radius 1 is 1.21 bits per heavy atom. The zero-order valence-corrected chi connectivity index (χ0v) is 20.2. The van der Waals surface area contributed by atoms with Gasteiger partial charge >= 0.3 is 0 Å². The molecule has 0 saturated heterocycles. The molecule has 8 nitrogen and oxygen atoms in total. The topological polar surface area (TPSA) is 109 Å². The van der Waals surface area contributed by atoms with Gasteiger partial charge in [0.05, 0.1) is 18.3 Å². The molecule has 8 heteroatoms. The van der Waals surface area contributed by atoms with Gasteiger partial charge in [0.1, 0.15) is 5.75 Å². The molecule has 1 aliphatic carbocycles. The molecule has 3 rings (SSSR count). The van der Waals surface area contributed by atoms with Gasteiger partial charge in [-0.05, 0) is 50.2 Å². The summed E-state index contributed by atoms with van der Waals surface area (Å²) < 4.78 is 6.06. The van der Waals surface area contributed by atoms with Gasteiger partial charge in [-0.3, -0.25) is 9.59 Å². The summed E-state index contributed by atoms with van der Waals surface area (Å²) in [7, 11) is 0. The number of ether oxygens (including phenoxy) is 1. The van der Waals surface area contributed by atoms with Crippen LogP contribution in [0.15, 0.2) is 23.2 Å². The number of aliphatic imine (C=N–C) groups is 1. The fourth-order valence-electron chi connectivity index (χ4n) is 4.23. The maximum absolute atomic E-state index is 12.2. The van der Waals surface area contributed by atoms with E-state index in [4.69, 9.17) is 10.5 Å². The molecule has 1 atom stereocenters. The van der Waals surface area contributed by atoms with Crippen LogP contribution >= 0.6 is 0 Å². The summed E-state index contributed by atoms with van der Waals surface area (Å²) in [6.07, 6.45) is 6.79. The molecule has 4 N–H and O–H groups in total. The SMILES string of the molecule is CC(C)CNC(=O)CN1Cc2ccc(OC(C)CCCC(=O)NC3CCCC3)cc2N=C1N. The van der Waals surface area contributed by atoms with E-state index in [-0.39, 0.29) is 24.5 Å². The van der Waals surface area contributed by atoms with Gasteiger partial charge in [0.25, 0.3) is 0 Å². The Bertz CT molecular complexity index is 848. The van der Waals surface area contributed by atoms with E-state index in [2.05, 4.69) is 29.5 Å². The maximum atomic E-state index is 12.2. The summed E-state index contributed by atoms with van der Waals surface area (Å²) in [5.41, 5.74) is 7.89. The van der Waals surface area contributed by atoms with Gasteiger partial charge < -0.3 is 26.0 Å². The second-order valence-electron chi connectivity index (χ2n) is 9.68. The van der Waals surface area contributed by atoms with E-state index < -0.39 is 0 Å². The molecule has 1 heterocycles. The number of carbonyl (C=O) groups is 2. The number of rotatable bonds is 11. The summed E-state index contributed by atoms with van der Waals surface area (Å²) in [5.74, 6) is 1.56. The molecule has 33 heavy (non-hydrogen) atoms. The summed E-state index contributed by atoms with van der Waals surface area (Å²) in [6.45, 7) is 7.49. The standard InChI is InChI=1S/C25H39N5O3/c1-17(2)14-27-24(32)16-30-15-19-11-12-21(13-22(19)29-25(30)26)33-18(3)7-6-10-23(31)28-20-8-4-5-9-20/h11-13,17-18,20H,4-10,14-16H2,1-3H3,(H2,26,29)(H,27,32)(H,28,31). The van der Waals surface area contributed by atoms with Crippen molar-refractivity contribution < 1.29 is 14.3 Å². The highest BCUT2D eigenvalue weighted by Crippen LogP contribution is 2.30. The van der Waals surface area contributed by atoms with Crippen molar-refractivity contribution in [3.8, 4) is 5.75 Å². The van der Waals surface area contributed by atoms with Crippen LogP contribution in [0.4, 0.5) is 5.69 Å². The van der Waals surface area contributed by atoms with Crippen molar-refractivity contribution in [2.24, 2.45) is 16.6 Å². The summed E-state index contributed by atoms with van der Waals surface area (Å²) in [4.78, 5) is 30.5. The molecule has 2 aliphatic rings. The van der Waals surface area contributed by atoms with E-state index in [0.29, 0.717) is 37.4 Å². The molecule has 0 spiro atoms. The molecule has 0 radical (unpaired) electrons. The van der Waals surface area contributed by atoms with E-state index in [1.807, 2.05) is 25.1 Å². The average molecular weight is 458 g/mol. The number of nitrogens with two attached hydrogens (primary N) is 1. The van der Waals surface area contributed by atoms with Crippen LogP contribution in [-0.2, 0) is 16.1 Å². The third kappa shape index (κ3) is 7.94. The summed E-state index contributed by atoms with van der Waals surface area (Å²) in [5, 5.41) is 6.04. The summed E-state index contributed by atoms with van der Waals surface area (Å²) in [6, 6.07) is 6.17. The van der Waals surface area contributed by atoms with E-state index in [0.717, 1.165) is 42.7 Å². The first-order valence-corrected chi connectivity index (χ1v) is 12.2. The van der Waals surface area contributed by atoms with Crippen molar-refractivity contribution in [1.29, 1.82) is 0 Å². The third-order valence-corrected chi connectivity index (χ3v) is 6.09. The second-order valence-corrected chi connectivity index (χ2v) is 9.68. The quantitative estimate of drug-likeness (QED) is 0.473. The third-order valence-electron chi connectivity index (χ3n) is 6.09. The normalized spacial score (nSPS) is 16.8. The molecule has 0 aromatic heterocycles. The zero-order chi connectivity index (χ0) is 23.8. The van der Waals surface area contributed by atoms with Crippen LogP contribution in [0.25, 0.3) is 0 Å². The Morgan fingerprint density at radius 2 is 1.97 bits per heavy atom. The maximum Gasteiger partial charge on any atom is 0.239 e. The number of benzene rings is 1. The van der Waals surface area contributed by atoms with Crippen LogP contribution in [0, 0.1) is 5.92 Å². The first-order valence-electron chi connectivity index (χ1n) is 12.2. The van der Waals surface area contributed by atoms with Crippen molar-refractivity contribution in [2.45, 2.75) is 84.4 Å². The lowest BCUT2D eigenvalue weighted by atomic mass is 10.1. The Hall–Kier alpha value is -2.77. The van der Waals surface area contributed by atoms with E-state index in [1.54, 1.807) is 4.90 Å². The Kier molecular flexibility index (Phi) is 8.97. The van der Waals surface area contributed by atoms with Crippen LogP contribution in [0.5, 0.6) is 5.75 Å². The second kappa shape index (κ2) is 11.9. The minimum Gasteiger partial charge on any atom is -0.491 e. The number of carbonyl (C=O) groups excluding carboxylic acids is 2. The molecule has 2 amide bonds. The van der Waals surface area contributed by atoms with Crippen molar-refractivity contribution in [3.63, 3.8) is 0 Å². The first kappa shape index (κ1) is 24.9. The Labute approximate surface area is 197 Å². The number of hydrogen-bond donors (Lipinski definition) is 3. The molecule has 1 unspecified atom stereocenters. The Morgan fingerprint density at radius 3 is 2.70 bits per heavy atom. The van der Waals surface area contributed by atoms with Crippen LogP contribution in [0.3, 0.4) is 0 Å². The van der Waals surface area contributed by atoms with Crippen molar-refractivity contribution in [2.75, 3.05) is 13.1 Å². The first-order chi connectivity index (χ1) is 15.8. The molecule has 1 aliphatic heterocycles. The zero-order valence-electron chi connectivity index (χ0n) is 20.2. The monoisotopic (exact) mass is 457 g/mol. The number of guanidine groups is 1. The smallest absolute Gasteiger partial charge is 0.239 e. The fourth-order valence-corrected chi connectivity index (χ4v) is 4.23. The van der Waals surface area contributed by atoms with Crippen molar-refractivity contribution in [3.05, 3.63) is 23.8 Å². The highest BCUT2D eigenvalue weighted by atomic mass is 16.5. The lowest BCUT2D eigenvalue weighted by Gasteiger charge is -2.28. The number of amides is 2. The van der Waals surface area contributed by atoms with E-state index >= 15 is 0 Å². The lowest BCUT2D eigenvalue weighted by molar-refractivity contribution is -0.122.